The van der Waals surface area contributed by atoms with Gasteiger partial charge in [-0.05, 0) is 49.4 Å². The van der Waals surface area contributed by atoms with Crippen LogP contribution in [-0.2, 0) is 24.7 Å². The maximum Gasteiger partial charge on any atom is 0.222 e. The molecule has 1 aromatic heterocycles. The van der Waals surface area contributed by atoms with Gasteiger partial charge in [0.25, 0.3) is 0 Å². The first-order valence-corrected chi connectivity index (χ1v) is 9.03. The second-order valence-electron chi connectivity index (χ2n) is 7.44. The van der Waals surface area contributed by atoms with Crippen molar-refractivity contribution in [3.63, 3.8) is 0 Å². The number of rotatable bonds is 6. The molecule has 0 spiro atoms. The van der Waals surface area contributed by atoms with Gasteiger partial charge in [0.2, 0.25) is 5.91 Å². The van der Waals surface area contributed by atoms with Crippen LogP contribution in [0.4, 0.5) is 4.39 Å². The topological polar surface area (TPSA) is 58.4 Å². The molecule has 1 saturated heterocycles. The molecule has 1 aromatic carbocycles. The Morgan fingerprint density at radius 3 is 2.69 bits per heavy atom. The standard InChI is InChI=1S/C20H26FN3O2/c1-15-17(12-23(2)22-15)5-8-19(26)24-10-9-20(13-24,14-25)11-16-3-6-18(21)7-4-16/h3-4,6-7,12,25H,5,8-11,13-14H2,1-2H3. The van der Waals surface area contributed by atoms with Crippen molar-refractivity contribution in [3.8, 4) is 0 Å². The van der Waals surface area contributed by atoms with Crippen LogP contribution in [0.25, 0.3) is 0 Å². The lowest BCUT2D eigenvalue weighted by Crippen LogP contribution is -2.35. The fourth-order valence-corrected chi connectivity index (χ4v) is 3.81. The molecule has 6 heteroatoms. The Kier molecular flexibility index (Phi) is 5.41. The van der Waals surface area contributed by atoms with Gasteiger partial charge in [0.1, 0.15) is 5.82 Å². The molecule has 5 nitrogen and oxygen atoms in total. The molecule has 2 heterocycles. The normalized spacial score (nSPS) is 19.9. The van der Waals surface area contributed by atoms with Gasteiger partial charge < -0.3 is 10.0 Å². The fourth-order valence-electron chi connectivity index (χ4n) is 3.81. The molecule has 0 saturated carbocycles. The largest absolute Gasteiger partial charge is 0.396 e. The number of amides is 1. The molecule has 0 radical (unpaired) electrons. The Labute approximate surface area is 153 Å². The number of halogens is 1. The summed E-state index contributed by atoms with van der Waals surface area (Å²) in [6.07, 6.45) is 4.50. The zero-order chi connectivity index (χ0) is 18.7. The first-order valence-electron chi connectivity index (χ1n) is 9.03. The molecule has 1 amide bonds. The number of hydrogen-bond donors (Lipinski definition) is 1. The van der Waals surface area contributed by atoms with Gasteiger partial charge in [-0.3, -0.25) is 9.48 Å². The zero-order valence-corrected chi connectivity index (χ0v) is 15.4. The van der Waals surface area contributed by atoms with Crippen molar-refractivity contribution in [2.45, 2.75) is 32.6 Å². The second kappa shape index (κ2) is 7.58. The molecule has 26 heavy (non-hydrogen) atoms. The maximum absolute atomic E-state index is 13.1. The molecular weight excluding hydrogens is 333 g/mol. The zero-order valence-electron chi connectivity index (χ0n) is 15.4. The van der Waals surface area contributed by atoms with Crippen LogP contribution in [0.2, 0.25) is 0 Å². The molecule has 1 unspecified atom stereocenters. The quantitative estimate of drug-likeness (QED) is 0.861. The average Bonchev–Trinajstić information content (AvgIpc) is 3.18. The molecule has 140 valence electrons. The van der Waals surface area contributed by atoms with Crippen molar-refractivity contribution in [2.75, 3.05) is 19.7 Å². The number of aryl methyl sites for hydroxylation is 3. The third-order valence-electron chi connectivity index (χ3n) is 5.34. The Morgan fingerprint density at radius 1 is 1.35 bits per heavy atom. The van der Waals surface area contributed by atoms with Crippen LogP contribution in [0, 0.1) is 18.2 Å². The summed E-state index contributed by atoms with van der Waals surface area (Å²) in [5.74, 6) is -0.150. The van der Waals surface area contributed by atoms with Crippen molar-refractivity contribution in [2.24, 2.45) is 12.5 Å². The first kappa shape index (κ1) is 18.6. The Bertz CT molecular complexity index is 772. The minimum absolute atomic E-state index is 0.0237. The van der Waals surface area contributed by atoms with Crippen LogP contribution >= 0.6 is 0 Å². The minimum atomic E-state index is -0.336. The van der Waals surface area contributed by atoms with Crippen molar-refractivity contribution in [3.05, 3.63) is 53.1 Å². The van der Waals surface area contributed by atoms with Crippen molar-refractivity contribution in [1.29, 1.82) is 0 Å². The van der Waals surface area contributed by atoms with E-state index in [1.807, 2.05) is 25.1 Å². The molecule has 1 fully saturated rings. The molecule has 2 aromatic rings. The van der Waals surface area contributed by atoms with E-state index in [1.54, 1.807) is 16.8 Å². The SMILES string of the molecule is Cc1nn(C)cc1CCC(=O)N1CCC(CO)(Cc2ccc(F)cc2)C1. The highest BCUT2D eigenvalue weighted by Gasteiger charge is 2.39. The van der Waals surface area contributed by atoms with Crippen LogP contribution in [-0.4, -0.2) is 45.4 Å². The first-order chi connectivity index (χ1) is 12.4. The van der Waals surface area contributed by atoms with Crippen molar-refractivity contribution >= 4 is 5.91 Å². The predicted octanol–water partition coefficient (Wildman–Crippen LogP) is 2.25. The maximum atomic E-state index is 13.1. The summed E-state index contributed by atoms with van der Waals surface area (Å²) in [4.78, 5) is 14.5. The van der Waals surface area contributed by atoms with Gasteiger partial charge in [0, 0.05) is 38.2 Å². The molecule has 1 aliphatic heterocycles. The summed E-state index contributed by atoms with van der Waals surface area (Å²) in [7, 11) is 1.88. The monoisotopic (exact) mass is 359 g/mol. The smallest absolute Gasteiger partial charge is 0.222 e. The Morgan fingerprint density at radius 2 is 2.08 bits per heavy atom. The van der Waals surface area contributed by atoms with E-state index >= 15 is 0 Å². The lowest BCUT2D eigenvalue weighted by atomic mass is 9.81. The molecule has 1 N–H and O–H groups in total. The van der Waals surface area contributed by atoms with E-state index in [-0.39, 0.29) is 23.7 Å². The van der Waals surface area contributed by atoms with Crippen LogP contribution in [0.15, 0.2) is 30.5 Å². The van der Waals surface area contributed by atoms with E-state index in [1.165, 1.54) is 12.1 Å². The van der Waals surface area contributed by atoms with Gasteiger partial charge in [-0.15, -0.1) is 0 Å². The van der Waals surface area contributed by atoms with Crippen molar-refractivity contribution < 1.29 is 14.3 Å². The van der Waals surface area contributed by atoms with E-state index in [0.29, 0.717) is 32.4 Å². The summed E-state index contributed by atoms with van der Waals surface area (Å²) in [5, 5.41) is 14.3. The Balaban J connectivity index is 1.59. The van der Waals surface area contributed by atoms with E-state index in [9.17, 15) is 14.3 Å². The van der Waals surface area contributed by atoms with Crippen LogP contribution in [0.3, 0.4) is 0 Å². The van der Waals surface area contributed by atoms with Gasteiger partial charge in [0.05, 0.1) is 12.3 Å². The molecule has 0 aliphatic carbocycles. The minimum Gasteiger partial charge on any atom is -0.396 e. The predicted molar refractivity (Wildman–Crippen MR) is 97.1 cm³/mol. The van der Waals surface area contributed by atoms with E-state index in [0.717, 1.165) is 23.2 Å². The number of aliphatic hydroxyl groups excluding tert-OH is 1. The summed E-state index contributed by atoms with van der Waals surface area (Å²) < 4.78 is 14.9. The van der Waals surface area contributed by atoms with Crippen LogP contribution < -0.4 is 0 Å². The highest BCUT2D eigenvalue weighted by molar-refractivity contribution is 5.76. The molecule has 1 aliphatic rings. The van der Waals surface area contributed by atoms with E-state index < -0.39 is 0 Å². The molecule has 3 rings (SSSR count). The highest BCUT2D eigenvalue weighted by Crippen LogP contribution is 2.34. The third kappa shape index (κ3) is 4.12. The van der Waals surface area contributed by atoms with Gasteiger partial charge in [-0.2, -0.15) is 5.10 Å². The lowest BCUT2D eigenvalue weighted by molar-refractivity contribution is -0.130. The molecule has 0 bridgehead atoms. The average molecular weight is 359 g/mol. The van der Waals surface area contributed by atoms with Gasteiger partial charge in [0.15, 0.2) is 0 Å². The summed E-state index contributed by atoms with van der Waals surface area (Å²) in [6.45, 7) is 3.18. The molecular formula is C20H26FN3O2. The number of likely N-dealkylation sites (tertiary alicyclic amines) is 1. The fraction of sp³-hybridized carbons (Fsp3) is 0.500. The number of hydrogen-bond acceptors (Lipinski definition) is 3. The number of carbonyl (C=O) groups excluding carboxylic acids is 1. The number of carbonyl (C=O) groups is 1. The van der Waals surface area contributed by atoms with Crippen LogP contribution in [0.1, 0.15) is 29.7 Å². The van der Waals surface area contributed by atoms with Crippen molar-refractivity contribution in [1.82, 2.24) is 14.7 Å². The van der Waals surface area contributed by atoms with Crippen LogP contribution in [0.5, 0.6) is 0 Å². The summed E-state index contributed by atoms with van der Waals surface area (Å²) in [5.41, 5.74) is 2.71. The molecule has 1 atom stereocenters. The van der Waals surface area contributed by atoms with E-state index in [2.05, 4.69) is 5.10 Å². The highest BCUT2D eigenvalue weighted by atomic mass is 19.1. The lowest BCUT2D eigenvalue weighted by Gasteiger charge is -2.27. The van der Waals surface area contributed by atoms with Gasteiger partial charge >= 0.3 is 0 Å². The second-order valence-corrected chi connectivity index (χ2v) is 7.44. The summed E-state index contributed by atoms with van der Waals surface area (Å²) >= 11 is 0. The summed E-state index contributed by atoms with van der Waals surface area (Å²) in [6, 6.07) is 6.38. The van der Waals surface area contributed by atoms with Gasteiger partial charge in [-0.1, -0.05) is 12.1 Å². The Hall–Kier alpha value is -2.21. The van der Waals surface area contributed by atoms with Gasteiger partial charge in [-0.25, -0.2) is 4.39 Å². The number of aliphatic hydroxyl groups is 1. The number of nitrogens with zero attached hydrogens (tertiary/aromatic N) is 3. The number of aromatic nitrogens is 2. The third-order valence-corrected chi connectivity index (χ3v) is 5.34. The number of benzene rings is 1. The van der Waals surface area contributed by atoms with E-state index in [4.69, 9.17) is 0 Å².